The van der Waals surface area contributed by atoms with E-state index in [9.17, 15) is 15.0 Å². The van der Waals surface area contributed by atoms with Gasteiger partial charge in [-0.15, -0.1) is 0 Å². The Morgan fingerprint density at radius 1 is 0.868 bits per heavy atom. The Balaban J connectivity index is 1.87. The minimum atomic E-state index is -0.924. The van der Waals surface area contributed by atoms with Crippen molar-refractivity contribution in [1.82, 2.24) is 0 Å². The minimum absolute atomic E-state index is 0.0671. The lowest BCUT2D eigenvalue weighted by molar-refractivity contribution is -0.137. The average Bonchev–Trinajstić information content (AvgIpc) is 2.87. The zero-order valence-electron chi connectivity index (χ0n) is 23.5. The predicted octanol–water partition coefficient (Wildman–Crippen LogP) is 6.91. The second kappa shape index (κ2) is 12.1. The smallest absolute Gasteiger partial charge is 0.303 e. The van der Waals surface area contributed by atoms with E-state index >= 15 is 0 Å². The number of aliphatic carboxylic acids is 1. The SMILES string of the molecule is CCC(CC)(c1ccc(OC[C@H](O)CCC(=O)O)c(C)c1)c1ccc(-c2ccc(C(C)(C)O)cc2)c(C)c1. The number of aliphatic hydroxyl groups excluding tert-OH is 1. The maximum absolute atomic E-state index is 10.7. The molecule has 0 fully saturated rings. The second-order valence-electron chi connectivity index (χ2n) is 10.8. The number of carboxylic acids is 1. The molecule has 5 heteroatoms. The van der Waals surface area contributed by atoms with E-state index in [1.54, 1.807) is 13.8 Å². The first-order valence-electron chi connectivity index (χ1n) is 13.5. The third kappa shape index (κ3) is 6.64. The van der Waals surface area contributed by atoms with E-state index in [-0.39, 0.29) is 24.9 Å². The molecule has 0 aliphatic rings. The maximum Gasteiger partial charge on any atom is 0.303 e. The van der Waals surface area contributed by atoms with Crippen LogP contribution in [0.25, 0.3) is 11.1 Å². The number of rotatable bonds is 12. The zero-order valence-corrected chi connectivity index (χ0v) is 23.5. The van der Waals surface area contributed by atoms with Gasteiger partial charge >= 0.3 is 5.97 Å². The van der Waals surface area contributed by atoms with Crippen LogP contribution in [-0.4, -0.2) is 34.0 Å². The Hall–Kier alpha value is -3.15. The largest absolute Gasteiger partial charge is 0.491 e. The van der Waals surface area contributed by atoms with Gasteiger partial charge in [-0.1, -0.05) is 68.4 Å². The molecular formula is C33H42O5. The van der Waals surface area contributed by atoms with E-state index in [1.807, 2.05) is 25.1 Å². The quantitative estimate of drug-likeness (QED) is 0.243. The lowest BCUT2D eigenvalue weighted by Gasteiger charge is -2.34. The van der Waals surface area contributed by atoms with Crippen molar-refractivity contribution in [2.45, 2.75) is 84.3 Å². The lowest BCUT2D eigenvalue weighted by atomic mass is 9.69. The van der Waals surface area contributed by atoms with E-state index in [0.717, 1.165) is 29.5 Å². The highest BCUT2D eigenvalue weighted by Crippen LogP contribution is 2.42. The van der Waals surface area contributed by atoms with Crippen LogP contribution in [0.3, 0.4) is 0 Å². The molecule has 0 amide bonds. The molecule has 0 aromatic heterocycles. The number of hydrogen-bond donors (Lipinski definition) is 3. The Bertz CT molecular complexity index is 1230. The first kappa shape index (κ1) is 29.4. The molecule has 0 spiro atoms. The molecule has 3 N–H and O–H groups in total. The first-order chi connectivity index (χ1) is 17.9. The summed E-state index contributed by atoms with van der Waals surface area (Å²) in [6, 6.07) is 21.1. The maximum atomic E-state index is 10.7. The highest BCUT2D eigenvalue weighted by Gasteiger charge is 2.31. The van der Waals surface area contributed by atoms with Crippen molar-refractivity contribution in [2.24, 2.45) is 0 Å². The molecule has 0 unspecified atom stereocenters. The summed E-state index contributed by atoms with van der Waals surface area (Å²) in [6.07, 6.45) is 1.15. The van der Waals surface area contributed by atoms with Crippen LogP contribution in [0.4, 0.5) is 0 Å². The van der Waals surface area contributed by atoms with E-state index < -0.39 is 17.7 Å². The molecule has 1 atom stereocenters. The fourth-order valence-corrected chi connectivity index (χ4v) is 5.24. The predicted molar refractivity (Wildman–Crippen MR) is 153 cm³/mol. The number of aliphatic hydroxyl groups is 2. The van der Waals surface area contributed by atoms with Gasteiger partial charge in [0.1, 0.15) is 12.4 Å². The van der Waals surface area contributed by atoms with E-state index in [2.05, 4.69) is 63.2 Å². The standard InChI is InChI=1S/C33H42O5/c1-7-33(8-2,27-14-17-30(23(4)20-27)38-21-28(34)15-18-31(35)36)26-13-16-29(22(3)19-26)24-9-11-25(12-10-24)32(5,6)37/h9-14,16-17,19-20,28,34,37H,7-8,15,18,21H2,1-6H3,(H,35,36)/t28-/m1/s1. The monoisotopic (exact) mass is 518 g/mol. The van der Waals surface area contributed by atoms with Gasteiger partial charge in [0, 0.05) is 11.8 Å². The summed E-state index contributed by atoms with van der Waals surface area (Å²) in [5.74, 6) is -0.225. The van der Waals surface area contributed by atoms with Crippen LogP contribution in [0.2, 0.25) is 0 Å². The molecule has 5 nitrogen and oxygen atoms in total. The van der Waals surface area contributed by atoms with Crippen molar-refractivity contribution in [3.63, 3.8) is 0 Å². The summed E-state index contributed by atoms with van der Waals surface area (Å²) >= 11 is 0. The van der Waals surface area contributed by atoms with Gasteiger partial charge in [-0.05, 0) is 92.0 Å². The number of ether oxygens (including phenoxy) is 1. The van der Waals surface area contributed by atoms with Crippen LogP contribution in [0, 0.1) is 13.8 Å². The van der Waals surface area contributed by atoms with Crippen LogP contribution < -0.4 is 4.74 Å². The first-order valence-corrected chi connectivity index (χ1v) is 13.5. The fraction of sp³-hybridized carbons (Fsp3) is 0.424. The second-order valence-corrected chi connectivity index (χ2v) is 10.8. The van der Waals surface area contributed by atoms with Crippen molar-refractivity contribution in [1.29, 1.82) is 0 Å². The summed E-state index contributed by atoms with van der Waals surface area (Å²) in [4.78, 5) is 10.7. The molecule has 3 rings (SSSR count). The summed E-state index contributed by atoms with van der Waals surface area (Å²) in [5.41, 5.74) is 6.87. The highest BCUT2D eigenvalue weighted by molar-refractivity contribution is 5.68. The third-order valence-electron chi connectivity index (χ3n) is 7.74. The van der Waals surface area contributed by atoms with Crippen molar-refractivity contribution in [2.75, 3.05) is 6.61 Å². The summed E-state index contributed by atoms with van der Waals surface area (Å²) in [7, 11) is 0. The summed E-state index contributed by atoms with van der Waals surface area (Å²) in [5, 5.41) is 29.1. The van der Waals surface area contributed by atoms with Gasteiger partial charge in [0.2, 0.25) is 0 Å². The number of aryl methyl sites for hydroxylation is 2. The lowest BCUT2D eigenvalue weighted by Crippen LogP contribution is -2.26. The van der Waals surface area contributed by atoms with Gasteiger partial charge in [0.15, 0.2) is 0 Å². The molecule has 0 bridgehead atoms. The molecule has 38 heavy (non-hydrogen) atoms. The zero-order chi connectivity index (χ0) is 28.1. The minimum Gasteiger partial charge on any atom is -0.491 e. The molecule has 3 aromatic carbocycles. The highest BCUT2D eigenvalue weighted by atomic mass is 16.5. The molecular weight excluding hydrogens is 476 g/mol. The topological polar surface area (TPSA) is 87.0 Å². The van der Waals surface area contributed by atoms with Crippen molar-refractivity contribution in [3.05, 3.63) is 88.5 Å². The Labute approximate surface area is 227 Å². The number of carbonyl (C=O) groups is 1. The van der Waals surface area contributed by atoms with Crippen LogP contribution >= 0.6 is 0 Å². The number of carboxylic acid groups (broad SMARTS) is 1. The van der Waals surface area contributed by atoms with Gasteiger partial charge in [-0.2, -0.15) is 0 Å². The van der Waals surface area contributed by atoms with Crippen molar-refractivity contribution < 1.29 is 24.9 Å². The normalized spacial score (nSPS) is 12.8. The van der Waals surface area contributed by atoms with Gasteiger partial charge in [0.25, 0.3) is 0 Å². The Kier molecular flexibility index (Phi) is 9.40. The van der Waals surface area contributed by atoms with Crippen LogP contribution in [0.5, 0.6) is 5.75 Å². The molecule has 0 saturated carbocycles. The van der Waals surface area contributed by atoms with Crippen LogP contribution in [0.1, 0.15) is 81.2 Å². The van der Waals surface area contributed by atoms with Crippen LogP contribution in [-0.2, 0) is 15.8 Å². The number of hydrogen-bond acceptors (Lipinski definition) is 4. The van der Waals surface area contributed by atoms with Crippen molar-refractivity contribution in [3.8, 4) is 16.9 Å². The van der Waals surface area contributed by atoms with E-state index in [1.165, 1.54) is 22.3 Å². The third-order valence-corrected chi connectivity index (χ3v) is 7.74. The molecule has 0 aliphatic heterocycles. The Morgan fingerprint density at radius 3 is 1.92 bits per heavy atom. The molecule has 204 valence electrons. The van der Waals surface area contributed by atoms with E-state index in [0.29, 0.717) is 5.75 Å². The molecule has 0 radical (unpaired) electrons. The number of benzene rings is 3. The van der Waals surface area contributed by atoms with Crippen LogP contribution in [0.15, 0.2) is 60.7 Å². The van der Waals surface area contributed by atoms with Gasteiger partial charge in [0.05, 0.1) is 11.7 Å². The fourth-order valence-electron chi connectivity index (χ4n) is 5.24. The van der Waals surface area contributed by atoms with Crippen molar-refractivity contribution >= 4 is 5.97 Å². The van der Waals surface area contributed by atoms with Gasteiger partial charge in [-0.25, -0.2) is 0 Å². The summed E-state index contributed by atoms with van der Waals surface area (Å²) in [6.45, 7) is 12.3. The molecule has 0 saturated heterocycles. The average molecular weight is 519 g/mol. The van der Waals surface area contributed by atoms with Gasteiger partial charge in [-0.3, -0.25) is 4.79 Å². The van der Waals surface area contributed by atoms with E-state index in [4.69, 9.17) is 9.84 Å². The van der Waals surface area contributed by atoms with Gasteiger partial charge < -0.3 is 20.1 Å². The Morgan fingerprint density at radius 2 is 1.42 bits per heavy atom. The summed E-state index contributed by atoms with van der Waals surface area (Å²) < 4.78 is 5.83. The molecule has 0 aliphatic carbocycles. The molecule has 3 aromatic rings. The molecule has 0 heterocycles.